The highest BCUT2D eigenvalue weighted by atomic mass is 16.3. The normalized spacial score (nSPS) is 13.8. The van der Waals surface area contributed by atoms with Crippen LogP contribution in [0.15, 0.2) is 148 Å². The molecule has 0 bridgehead atoms. The summed E-state index contributed by atoms with van der Waals surface area (Å²) in [5.74, 6) is 0. The van der Waals surface area contributed by atoms with E-state index >= 15 is 0 Å². The molecule has 0 atom stereocenters. The van der Waals surface area contributed by atoms with E-state index in [0.717, 1.165) is 55.1 Å². The van der Waals surface area contributed by atoms with Gasteiger partial charge in [0.1, 0.15) is 22.3 Å². The highest BCUT2D eigenvalue weighted by Crippen LogP contribution is 2.53. The van der Waals surface area contributed by atoms with Crippen LogP contribution in [0.4, 0.5) is 28.4 Å². The number of hydrogen-bond donors (Lipinski definition) is 0. The Bertz CT molecular complexity index is 2850. The van der Waals surface area contributed by atoms with Crippen LogP contribution < -0.4 is 20.6 Å². The third-order valence-corrected chi connectivity index (χ3v) is 10.6. The first kappa shape index (κ1) is 24.1. The van der Waals surface area contributed by atoms with Gasteiger partial charge in [0, 0.05) is 61.1 Å². The fourth-order valence-electron chi connectivity index (χ4n) is 8.75. The summed E-state index contributed by atoms with van der Waals surface area (Å²) in [5, 5.41) is 4.54. The molecule has 47 heavy (non-hydrogen) atoms. The second-order valence-electron chi connectivity index (χ2n) is 12.8. The molecular weight excluding hydrogens is 575 g/mol. The van der Waals surface area contributed by atoms with Crippen LogP contribution in [-0.2, 0) is 0 Å². The Hall–Kier alpha value is -6.20. The maximum Gasteiger partial charge on any atom is 0.333 e. The Morgan fingerprint density at radius 3 is 1.91 bits per heavy atom. The highest BCUT2D eigenvalue weighted by Gasteiger charge is 2.49. The van der Waals surface area contributed by atoms with Crippen LogP contribution in [0.1, 0.15) is 0 Å². The Morgan fingerprint density at radius 1 is 0.426 bits per heavy atom. The zero-order chi connectivity index (χ0) is 30.4. The largest absolute Gasteiger partial charge is 0.456 e. The van der Waals surface area contributed by atoms with E-state index in [1.165, 1.54) is 50.4 Å². The molecule has 0 spiro atoms. The lowest BCUT2D eigenvalue weighted by Gasteiger charge is -2.49. The van der Waals surface area contributed by atoms with Crippen LogP contribution in [0.3, 0.4) is 0 Å². The third kappa shape index (κ3) is 2.87. The topological polar surface area (TPSA) is 32.8 Å². The summed E-state index contributed by atoms with van der Waals surface area (Å²) in [4.78, 5) is 5.03. The van der Waals surface area contributed by atoms with Crippen molar-refractivity contribution in [2.75, 3.05) is 9.71 Å². The fourth-order valence-corrected chi connectivity index (χ4v) is 8.75. The summed E-state index contributed by atoms with van der Waals surface area (Å²) in [7, 11) is 0. The van der Waals surface area contributed by atoms with Gasteiger partial charge in [-0.05, 0) is 82.7 Å². The van der Waals surface area contributed by atoms with E-state index in [-0.39, 0.29) is 6.85 Å². The molecule has 9 aromatic rings. The van der Waals surface area contributed by atoms with E-state index in [1.807, 2.05) is 12.1 Å². The van der Waals surface area contributed by atoms with Gasteiger partial charge in [0.15, 0.2) is 0 Å². The van der Waals surface area contributed by atoms with Gasteiger partial charge in [-0.25, -0.2) is 0 Å². The number of furan rings is 2. The van der Waals surface area contributed by atoms with Gasteiger partial charge < -0.3 is 18.5 Å². The van der Waals surface area contributed by atoms with Crippen molar-refractivity contribution in [3.05, 3.63) is 140 Å². The van der Waals surface area contributed by atoms with Crippen molar-refractivity contribution in [2.24, 2.45) is 0 Å². The molecule has 0 saturated heterocycles. The van der Waals surface area contributed by atoms with Crippen molar-refractivity contribution in [1.82, 2.24) is 0 Å². The molecule has 0 N–H and O–H groups in total. The minimum atomic E-state index is 0.0198. The van der Waals surface area contributed by atoms with Gasteiger partial charge in [-0.15, -0.1) is 0 Å². The smallest absolute Gasteiger partial charge is 0.333 e. The molecule has 12 rings (SSSR count). The average molecular weight is 598 g/mol. The van der Waals surface area contributed by atoms with E-state index in [9.17, 15) is 0 Å². The third-order valence-electron chi connectivity index (χ3n) is 10.6. The molecule has 0 saturated carbocycles. The Labute approximate surface area is 269 Å². The summed E-state index contributed by atoms with van der Waals surface area (Å²) in [6.07, 6.45) is 0. The second kappa shape index (κ2) is 8.33. The van der Waals surface area contributed by atoms with Gasteiger partial charge in [-0.1, -0.05) is 78.9 Å². The molecule has 2 aromatic heterocycles. The number of anilines is 5. The molecule has 216 valence electrons. The van der Waals surface area contributed by atoms with Gasteiger partial charge in [0.05, 0.1) is 0 Å². The van der Waals surface area contributed by atoms with Crippen molar-refractivity contribution in [3.63, 3.8) is 0 Å². The summed E-state index contributed by atoms with van der Waals surface area (Å²) in [6.45, 7) is 0.0198. The Balaban J connectivity index is 1.23. The van der Waals surface area contributed by atoms with Crippen molar-refractivity contribution in [2.45, 2.75) is 0 Å². The zero-order valence-electron chi connectivity index (χ0n) is 25.1. The van der Waals surface area contributed by atoms with E-state index in [4.69, 9.17) is 8.83 Å². The number of hydrogen-bond acceptors (Lipinski definition) is 4. The molecule has 0 amide bonds. The van der Waals surface area contributed by atoms with Gasteiger partial charge in [-0.2, -0.15) is 0 Å². The molecule has 0 fully saturated rings. The first-order valence-electron chi connectivity index (χ1n) is 16.1. The quantitative estimate of drug-likeness (QED) is 0.176. The maximum absolute atomic E-state index is 6.74. The lowest BCUT2D eigenvalue weighted by molar-refractivity contribution is 0.669. The Morgan fingerprint density at radius 2 is 1.06 bits per heavy atom. The van der Waals surface area contributed by atoms with E-state index in [1.54, 1.807) is 0 Å². The molecule has 0 radical (unpaired) electrons. The summed E-state index contributed by atoms with van der Waals surface area (Å²) in [5.41, 5.74) is 17.1. The molecule has 3 aliphatic rings. The minimum absolute atomic E-state index is 0.0198. The Kier molecular flexibility index (Phi) is 4.27. The van der Waals surface area contributed by atoms with Crippen molar-refractivity contribution < 1.29 is 8.83 Å². The van der Waals surface area contributed by atoms with Crippen LogP contribution in [0.25, 0.3) is 66.1 Å². The predicted octanol–water partition coefficient (Wildman–Crippen LogP) is 10.2. The van der Waals surface area contributed by atoms with Crippen LogP contribution in [-0.4, -0.2) is 6.85 Å². The molecule has 5 heteroatoms. The molecule has 0 unspecified atom stereocenters. The molecular formula is C42H23BN2O2. The molecule has 5 heterocycles. The van der Waals surface area contributed by atoms with E-state index in [0.29, 0.717) is 0 Å². The first-order chi connectivity index (χ1) is 23.3. The second-order valence-corrected chi connectivity index (χ2v) is 12.8. The lowest BCUT2D eigenvalue weighted by Crippen LogP contribution is -2.63. The number of rotatable bonds is 1. The average Bonchev–Trinajstić information content (AvgIpc) is 3.70. The van der Waals surface area contributed by atoms with Crippen LogP contribution in [0, 0.1) is 0 Å². The molecule has 3 aliphatic heterocycles. The van der Waals surface area contributed by atoms with Crippen molar-refractivity contribution in [1.29, 1.82) is 0 Å². The van der Waals surface area contributed by atoms with E-state index in [2.05, 4.69) is 137 Å². The molecule has 7 aromatic carbocycles. The van der Waals surface area contributed by atoms with E-state index < -0.39 is 0 Å². The van der Waals surface area contributed by atoms with Crippen LogP contribution in [0.5, 0.6) is 0 Å². The van der Waals surface area contributed by atoms with Gasteiger partial charge in [-0.3, -0.25) is 0 Å². The number of fused-ring (bicyclic) bond motifs is 13. The monoisotopic (exact) mass is 598 g/mol. The van der Waals surface area contributed by atoms with Gasteiger partial charge in [0.25, 0.3) is 0 Å². The summed E-state index contributed by atoms with van der Waals surface area (Å²) < 4.78 is 13.0. The minimum Gasteiger partial charge on any atom is -0.456 e. The molecule has 0 aliphatic carbocycles. The number of benzene rings is 7. The summed E-state index contributed by atoms with van der Waals surface area (Å²) >= 11 is 0. The number of nitrogens with zero attached hydrogens (tertiary/aromatic N) is 2. The van der Waals surface area contributed by atoms with Crippen molar-refractivity contribution >= 4 is 90.1 Å². The van der Waals surface area contributed by atoms with Gasteiger partial charge in [0.2, 0.25) is 0 Å². The maximum atomic E-state index is 6.74. The number of para-hydroxylation sites is 3. The van der Waals surface area contributed by atoms with Crippen LogP contribution in [0.2, 0.25) is 0 Å². The zero-order valence-corrected chi connectivity index (χ0v) is 25.1. The van der Waals surface area contributed by atoms with Crippen molar-refractivity contribution in [3.8, 4) is 22.3 Å². The molecule has 4 nitrogen and oxygen atoms in total. The van der Waals surface area contributed by atoms with Crippen LogP contribution >= 0.6 is 0 Å². The first-order valence-corrected chi connectivity index (χ1v) is 16.1. The highest BCUT2D eigenvalue weighted by molar-refractivity contribution is 6.95. The van der Waals surface area contributed by atoms with Gasteiger partial charge >= 0.3 is 6.85 Å². The fraction of sp³-hybridized carbons (Fsp3) is 0. The standard InChI is InChI=1S/C42H23BN2O2/c1-4-14-32-25(9-1)28-12-7-15-34-40(28)43-41-30(39-33(45(32)43)21-20-29-26-10-2-6-18-37(26)47-42(29)39)13-8-16-35(41)44(34)24-19-22-38-31(23-24)27-11-3-5-17-36(27)46-38/h1-23H. The summed E-state index contributed by atoms with van der Waals surface area (Å²) in [6, 6.07) is 50.3. The predicted molar refractivity (Wildman–Crippen MR) is 194 cm³/mol. The lowest BCUT2D eigenvalue weighted by atomic mass is 9.41. The SMILES string of the molecule is c1ccc2c(c1)-c1cccc3c1B1c4c(cccc4N3c3ccc4oc5ccccc5c4c3)-c3c(ccc4c3oc3ccccc34)N12.